The van der Waals surface area contributed by atoms with Crippen molar-refractivity contribution < 1.29 is 14.4 Å². The fourth-order valence-electron chi connectivity index (χ4n) is 2.61. The van der Waals surface area contributed by atoms with Gasteiger partial charge in [0.1, 0.15) is 17.6 Å². The van der Waals surface area contributed by atoms with Gasteiger partial charge < -0.3 is 25.1 Å². The van der Waals surface area contributed by atoms with Crippen LogP contribution in [0.15, 0.2) is 40.0 Å². The van der Waals surface area contributed by atoms with Crippen LogP contribution in [0.3, 0.4) is 0 Å². The largest absolute Gasteiger partial charge is 0.464 e. The van der Waals surface area contributed by atoms with Gasteiger partial charge in [-0.3, -0.25) is 10.1 Å². The standard InChI is InChI=1S/C19H28N4O4S2/c1-14-6-8-29-19(14)17(24)10-21-18(12-23(25)26)20-7-9-28-13-16-5-4-15(27-16)11-22(2)3/h4-6,8,12,17,20-21,24H,7,9-11,13H2,1-3H3/b18-12-. The van der Waals surface area contributed by atoms with Crippen LogP contribution in [0.1, 0.15) is 28.1 Å². The number of nitrogens with zero attached hydrogens (tertiary/aromatic N) is 2. The molecule has 0 saturated heterocycles. The number of thiophene rings is 1. The molecule has 2 aromatic rings. The summed E-state index contributed by atoms with van der Waals surface area (Å²) >= 11 is 3.15. The van der Waals surface area contributed by atoms with E-state index < -0.39 is 11.0 Å². The maximum Gasteiger partial charge on any atom is 0.274 e. The van der Waals surface area contributed by atoms with Gasteiger partial charge >= 0.3 is 0 Å². The Balaban J connectivity index is 1.72. The third-order valence-corrected chi connectivity index (χ3v) is 6.02. The number of nitro groups is 1. The van der Waals surface area contributed by atoms with E-state index in [0.29, 0.717) is 6.54 Å². The molecule has 10 heteroatoms. The highest BCUT2D eigenvalue weighted by atomic mass is 32.2. The topological polar surface area (TPSA) is 104 Å². The lowest BCUT2D eigenvalue weighted by atomic mass is 10.2. The third-order valence-electron chi connectivity index (χ3n) is 3.92. The number of aliphatic hydroxyl groups is 1. The molecule has 0 aliphatic carbocycles. The molecule has 0 saturated carbocycles. The van der Waals surface area contributed by atoms with Gasteiger partial charge in [-0.1, -0.05) is 0 Å². The van der Waals surface area contributed by atoms with Gasteiger partial charge in [0, 0.05) is 23.7 Å². The Labute approximate surface area is 179 Å². The predicted molar refractivity (Wildman–Crippen MR) is 117 cm³/mol. The molecule has 2 heterocycles. The van der Waals surface area contributed by atoms with E-state index in [1.807, 2.05) is 49.5 Å². The number of thioether (sulfide) groups is 1. The Morgan fingerprint density at radius 1 is 1.38 bits per heavy atom. The molecule has 2 rings (SSSR count). The van der Waals surface area contributed by atoms with Gasteiger partial charge in [0.15, 0.2) is 5.82 Å². The van der Waals surface area contributed by atoms with Crippen molar-refractivity contribution in [2.45, 2.75) is 25.3 Å². The normalized spacial score (nSPS) is 12.9. The summed E-state index contributed by atoms with van der Waals surface area (Å²) < 4.78 is 5.76. The van der Waals surface area contributed by atoms with Crippen molar-refractivity contribution in [1.82, 2.24) is 15.5 Å². The minimum atomic E-state index is -0.711. The van der Waals surface area contributed by atoms with Crippen molar-refractivity contribution >= 4 is 23.1 Å². The molecule has 160 valence electrons. The first-order chi connectivity index (χ1) is 13.8. The smallest absolute Gasteiger partial charge is 0.274 e. The van der Waals surface area contributed by atoms with E-state index in [2.05, 4.69) is 10.6 Å². The van der Waals surface area contributed by atoms with E-state index >= 15 is 0 Å². The molecule has 3 N–H and O–H groups in total. The molecule has 0 aromatic carbocycles. The Kier molecular flexibility index (Phi) is 9.52. The second-order valence-electron chi connectivity index (χ2n) is 6.78. The zero-order valence-electron chi connectivity index (χ0n) is 16.9. The highest BCUT2D eigenvalue weighted by molar-refractivity contribution is 7.98. The minimum Gasteiger partial charge on any atom is -0.464 e. The molecule has 0 aliphatic rings. The minimum absolute atomic E-state index is 0.197. The molecule has 0 bridgehead atoms. The van der Waals surface area contributed by atoms with Crippen LogP contribution >= 0.6 is 23.1 Å². The molecular formula is C19H28N4O4S2. The van der Waals surface area contributed by atoms with Crippen LogP contribution in [0.25, 0.3) is 0 Å². The second-order valence-corrected chi connectivity index (χ2v) is 8.83. The first-order valence-corrected chi connectivity index (χ1v) is 11.2. The molecule has 0 aliphatic heterocycles. The number of hydrogen-bond donors (Lipinski definition) is 3. The Morgan fingerprint density at radius 3 is 2.79 bits per heavy atom. The third kappa shape index (κ3) is 8.48. The fraction of sp³-hybridized carbons (Fsp3) is 0.474. The summed E-state index contributed by atoms with van der Waals surface area (Å²) in [4.78, 5) is 13.3. The Hall–Kier alpha value is -2.01. The summed E-state index contributed by atoms with van der Waals surface area (Å²) in [6.07, 6.45) is 0.176. The van der Waals surface area contributed by atoms with Crippen LogP contribution in [-0.2, 0) is 12.3 Å². The van der Waals surface area contributed by atoms with Crippen LogP contribution in [0.2, 0.25) is 0 Å². The number of rotatable bonds is 13. The lowest BCUT2D eigenvalue weighted by Crippen LogP contribution is -2.31. The van der Waals surface area contributed by atoms with E-state index in [0.717, 1.165) is 46.2 Å². The van der Waals surface area contributed by atoms with Crippen LogP contribution in [0.4, 0.5) is 0 Å². The highest BCUT2D eigenvalue weighted by Gasteiger charge is 2.13. The van der Waals surface area contributed by atoms with Crippen LogP contribution < -0.4 is 10.6 Å². The van der Waals surface area contributed by atoms with Gasteiger partial charge in [0.2, 0.25) is 0 Å². The van der Waals surface area contributed by atoms with Crippen molar-refractivity contribution in [2.24, 2.45) is 0 Å². The van der Waals surface area contributed by atoms with Gasteiger partial charge in [-0.2, -0.15) is 11.8 Å². The van der Waals surface area contributed by atoms with Crippen LogP contribution in [-0.4, -0.2) is 47.9 Å². The van der Waals surface area contributed by atoms with E-state index in [-0.39, 0.29) is 12.4 Å². The van der Waals surface area contributed by atoms with E-state index in [1.165, 1.54) is 11.3 Å². The van der Waals surface area contributed by atoms with E-state index in [4.69, 9.17) is 4.42 Å². The number of aryl methyl sites for hydroxylation is 1. The van der Waals surface area contributed by atoms with Crippen molar-refractivity contribution in [1.29, 1.82) is 0 Å². The van der Waals surface area contributed by atoms with Crippen molar-refractivity contribution in [3.8, 4) is 0 Å². The summed E-state index contributed by atoms with van der Waals surface area (Å²) in [5.41, 5.74) is 1.01. The van der Waals surface area contributed by atoms with Gasteiger partial charge in [0.25, 0.3) is 6.20 Å². The highest BCUT2D eigenvalue weighted by Crippen LogP contribution is 2.23. The number of hydrogen-bond acceptors (Lipinski definition) is 9. The van der Waals surface area contributed by atoms with Crippen molar-refractivity contribution in [3.05, 3.63) is 67.7 Å². The molecule has 8 nitrogen and oxygen atoms in total. The van der Waals surface area contributed by atoms with Gasteiger partial charge in [-0.05, 0) is 50.2 Å². The lowest BCUT2D eigenvalue weighted by Gasteiger charge is -2.15. The molecule has 1 atom stereocenters. The average Bonchev–Trinajstić information content (AvgIpc) is 3.26. The van der Waals surface area contributed by atoms with Crippen molar-refractivity contribution in [2.75, 3.05) is 32.9 Å². The first kappa shape index (κ1) is 23.3. The molecule has 1 unspecified atom stereocenters. The summed E-state index contributed by atoms with van der Waals surface area (Å²) in [7, 11) is 3.99. The summed E-state index contributed by atoms with van der Waals surface area (Å²) in [5, 5.41) is 29.0. The monoisotopic (exact) mass is 440 g/mol. The summed E-state index contributed by atoms with van der Waals surface area (Å²) in [6.45, 7) is 3.45. The van der Waals surface area contributed by atoms with Gasteiger partial charge in [-0.25, -0.2) is 0 Å². The summed E-state index contributed by atoms with van der Waals surface area (Å²) in [6, 6.07) is 5.90. The molecule has 0 radical (unpaired) electrons. The fourth-order valence-corrected chi connectivity index (χ4v) is 4.27. The zero-order chi connectivity index (χ0) is 21.2. The van der Waals surface area contributed by atoms with Crippen LogP contribution in [0, 0.1) is 17.0 Å². The predicted octanol–water partition coefficient (Wildman–Crippen LogP) is 2.93. The maximum atomic E-state index is 10.9. The number of furan rings is 1. The Morgan fingerprint density at radius 2 is 2.14 bits per heavy atom. The quantitative estimate of drug-likeness (QED) is 0.248. The molecule has 0 amide bonds. The number of aliphatic hydroxyl groups excluding tert-OH is 1. The van der Waals surface area contributed by atoms with E-state index in [9.17, 15) is 15.2 Å². The molecular weight excluding hydrogens is 412 g/mol. The molecule has 0 fully saturated rings. The van der Waals surface area contributed by atoms with Crippen LogP contribution in [0.5, 0.6) is 0 Å². The second kappa shape index (κ2) is 11.9. The van der Waals surface area contributed by atoms with Crippen molar-refractivity contribution in [3.63, 3.8) is 0 Å². The average molecular weight is 441 g/mol. The molecule has 0 spiro atoms. The molecule has 29 heavy (non-hydrogen) atoms. The lowest BCUT2D eigenvalue weighted by molar-refractivity contribution is -0.404. The van der Waals surface area contributed by atoms with Gasteiger partial charge in [0.05, 0.1) is 17.2 Å². The summed E-state index contributed by atoms with van der Waals surface area (Å²) in [5.74, 6) is 3.64. The van der Waals surface area contributed by atoms with E-state index in [1.54, 1.807) is 11.8 Å². The number of nitrogens with one attached hydrogen (secondary N) is 2. The molecule has 2 aromatic heterocycles. The zero-order valence-corrected chi connectivity index (χ0v) is 18.5. The SMILES string of the molecule is Cc1ccsc1C(O)CN/C(=C\[N+](=O)[O-])NCCSCc1ccc(CN(C)C)o1. The van der Waals surface area contributed by atoms with Gasteiger partial charge in [-0.15, -0.1) is 11.3 Å². The first-order valence-electron chi connectivity index (χ1n) is 9.20. The Bertz CT molecular complexity index is 804. The maximum absolute atomic E-state index is 10.9.